The van der Waals surface area contributed by atoms with Crippen LogP contribution < -0.4 is 10.6 Å². The first-order chi connectivity index (χ1) is 18.0. The molecule has 2 N–H and O–H groups in total. The molecule has 38 heavy (non-hydrogen) atoms. The van der Waals surface area contributed by atoms with Gasteiger partial charge in [0, 0.05) is 35.6 Å². The van der Waals surface area contributed by atoms with Crippen molar-refractivity contribution in [1.82, 2.24) is 14.8 Å². The van der Waals surface area contributed by atoms with Crippen molar-refractivity contribution in [2.45, 2.75) is 16.2 Å². The fourth-order valence-corrected chi connectivity index (χ4v) is 4.12. The SMILES string of the molecule is Cn1cnnc1Sc1ccc(C(=O)Nc2cccc(C(=O)Nc3cccc(C(F)(F)F)c3)c2)cc1[N+](=O)[O-]. The van der Waals surface area contributed by atoms with E-state index in [1.807, 2.05) is 0 Å². The standard InChI is InChI=1S/C24H17F3N6O4S/c1-32-13-28-31-23(32)38-20-9-8-15(11-19(20)33(36)37)22(35)29-17-6-2-4-14(10-17)21(34)30-18-7-3-5-16(12-18)24(25,26)27/h2-13H,1H3,(H,29,35)(H,30,34). The van der Waals surface area contributed by atoms with E-state index in [1.165, 1.54) is 54.9 Å². The second-order valence-electron chi connectivity index (χ2n) is 7.83. The Hall–Kier alpha value is -4.72. The Bertz CT molecular complexity index is 1540. The Morgan fingerprint density at radius 2 is 1.58 bits per heavy atom. The van der Waals surface area contributed by atoms with Gasteiger partial charge in [-0.15, -0.1) is 10.2 Å². The van der Waals surface area contributed by atoms with Crippen LogP contribution in [0.2, 0.25) is 0 Å². The van der Waals surface area contributed by atoms with Gasteiger partial charge in [0.15, 0.2) is 5.16 Å². The number of nitro benzene ring substituents is 1. The zero-order valence-corrected chi connectivity index (χ0v) is 20.2. The molecular weight excluding hydrogens is 525 g/mol. The molecule has 4 rings (SSSR count). The number of carbonyl (C=O) groups excluding carboxylic acids is 2. The molecule has 0 bridgehead atoms. The number of hydrogen-bond acceptors (Lipinski definition) is 7. The Labute approximate surface area is 217 Å². The van der Waals surface area contributed by atoms with Gasteiger partial charge in [0.25, 0.3) is 17.5 Å². The van der Waals surface area contributed by atoms with Crippen LogP contribution in [0.25, 0.3) is 0 Å². The molecule has 1 aromatic heterocycles. The van der Waals surface area contributed by atoms with E-state index in [-0.39, 0.29) is 33.1 Å². The molecule has 194 valence electrons. The summed E-state index contributed by atoms with van der Waals surface area (Å²) in [6.45, 7) is 0. The number of benzene rings is 3. The van der Waals surface area contributed by atoms with Gasteiger partial charge in [-0.05, 0) is 60.3 Å². The number of aryl methyl sites for hydroxylation is 1. The van der Waals surface area contributed by atoms with Crippen LogP contribution in [0.15, 0.2) is 83.1 Å². The molecule has 0 unspecified atom stereocenters. The molecule has 14 heteroatoms. The van der Waals surface area contributed by atoms with Crippen LogP contribution in [-0.4, -0.2) is 31.5 Å². The Balaban J connectivity index is 1.49. The van der Waals surface area contributed by atoms with Gasteiger partial charge in [0.05, 0.1) is 15.4 Å². The predicted molar refractivity (Wildman–Crippen MR) is 132 cm³/mol. The van der Waals surface area contributed by atoms with Crippen molar-refractivity contribution >= 4 is 40.6 Å². The van der Waals surface area contributed by atoms with Crippen molar-refractivity contribution in [3.05, 3.63) is 99.9 Å². The molecule has 10 nitrogen and oxygen atoms in total. The van der Waals surface area contributed by atoms with Crippen LogP contribution in [-0.2, 0) is 13.2 Å². The molecule has 0 saturated heterocycles. The van der Waals surface area contributed by atoms with E-state index >= 15 is 0 Å². The zero-order valence-electron chi connectivity index (χ0n) is 19.4. The maximum Gasteiger partial charge on any atom is 0.416 e. The van der Waals surface area contributed by atoms with Crippen molar-refractivity contribution < 1.29 is 27.7 Å². The molecule has 0 spiro atoms. The number of alkyl halides is 3. The number of aromatic nitrogens is 3. The number of hydrogen-bond donors (Lipinski definition) is 2. The van der Waals surface area contributed by atoms with E-state index in [0.29, 0.717) is 5.16 Å². The molecule has 2 amide bonds. The predicted octanol–water partition coefficient (Wildman–Crippen LogP) is 5.40. The summed E-state index contributed by atoms with van der Waals surface area (Å²) in [5, 5.41) is 24.6. The van der Waals surface area contributed by atoms with Crippen LogP contribution in [0.4, 0.5) is 30.2 Å². The van der Waals surface area contributed by atoms with Crippen molar-refractivity contribution in [3.8, 4) is 0 Å². The van der Waals surface area contributed by atoms with Gasteiger partial charge in [0.1, 0.15) is 6.33 Å². The highest BCUT2D eigenvalue weighted by Crippen LogP contribution is 2.34. The van der Waals surface area contributed by atoms with Crippen LogP contribution in [0, 0.1) is 10.1 Å². The first-order valence-electron chi connectivity index (χ1n) is 10.7. The number of nitrogens with zero attached hydrogens (tertiary/aromatic N) is 4. The van der Waals surface area contributed by atoms with E-state index < -0.39 is 28.5 Å². The lowest BCUT2D eigenvalue weighted by atomic mass is 10.1. The largest absolute Gasteiger partial charge is 0.416 e. The summed E-state index contributed by atoms with van der Waals surface area (Å²) in [5.74, 6) is -1.36. The number of carbonyl (C=O) groups is 2. The lowest BCUT2D eigenvalue weighted by Gasteiger charge is -2.11. The van der Waals surface area contributed by atoms with Crippen LogP contribution in [0.1, 0.15) is 26.3 Å². The fourth-order valence-electron chi connectivity index (χ4n) is 3.27. The topological polar surface area (TPSA) is 132 Å². The summed E-state index contributed by atoms with van der Waals surface area (Å²) in [7, 11) is 1.68. The van der Waals surface area contributed by atoms with E-state index in [9.17, 15) is 32.9 Å². The Morgan fingerprint density at radius 1 is 0.947 bits per heavy atom. The van der Waals surface area contributed by atoms with Crippen molar-refractivity contribution in [1.29, 1.82) is 0 Å². The van der Waals surface area contributed by atoms with Gasteiger partial charge in [-0.1, -0.05) is 12.1 Å². The Morgan fingerprint density at radius 3 is 2.18 bits per heavy atom. The molecule has 0 radical (unpaired) electrons. The summed E-state index contributed by atoms with van der Waals surface area (Å²) in [6, 6.07) is 13.8. The quantitative estimate of drug-likeness (QED) is 0.236. The minimum atomic E-state index is -4.56. The van der Waals surface area contributed by atoms with E-state index in [2.05, 4.69) is 20.8 Å². The number of rotatable bonds is 7. The molecule has 0 aliphatic heterocycles. The summed E-state index contributed by atoms with van der Waals surface area (Å²) >= 11 is 1.02. The molecule has 3 aromatic carbocycles. The highest BCUT2D eigenvalue weighted by atomic mass is 32.2. The van der Waals surface area contributed by atoms with Gasteiger partial charge in [0.2, 0.25) is 0 Å². The average Bonchev–Trinajstić information content (AvgIpc) is 3.28. The molecule has 0 aliphatic rings. The second kappa shape index (κ2) is 10.7. The van der Waals surface area contributed by atoms with Crippen molar-refractivity contribution in [2.24, 2.45) is 7.05 Å². The average molecular weight is 542 g/mol. The van der Waals surface area contributed by atoms with E-state index in [0.717, 1.165) is 30.0 Å². The molecule has 0 aliphatic carbocycles. The minimum Gasteiger partial charge on any atom is -0.322 e. The Kier molecular flexibility index (Phi) is 7.43. The van der Waals surface area contributed by atoms with Crippen LogP contribution in [0.5, 0.6) is 0 Å². The normalized spacial score (nSPS) is 11.2. The first kappa shape index (κ1) is 26.3. The number of halogens is 3. The lowest BCUT2D eigenvalue weighted by Crippen LogP contribution is -2.15. The third-order valence-electron chi connectivity index (χ3n) is 5.12. The molecule has 0 atom stereocenters. The second-order valence-corrected chi connectivity index (χ2v) is 8.84. The molecule has 4 aromatic rings. The van der Waals surface area contributed by atoms with Gasteiger partial charge < -0.3 is 15.2 Å². The molecule has 0 fully saturated rings. The smallest absolute Gasteiger partial charge is 0.322 e. The maximum atomic E-state index is 12.9. The lowest BCUT2D eigenvalue weighted by molar-refractivity contribution is -0.387. The number of nitro groups is 1. The van der Waals surface area contributed by atoms with E-state index in [4.69, 9.17) is 0 Å². The summed E-state index contributed by atoms with van der Waals surface area (Å²) in [6.07, 6.45) is -3.11. The zero-order chi connectivity index (χ0) is 27.4. The fraction of sp³-hybridized carbons (Fsp3) is 0.0833. The number of amides is 2. The van der Waals surface area contributed by atoms with Crippen LogP contribution in [0.3, 0.4) is 0 Å². The third-order valence-corrected chi connectivity index (χ3v) is 6.24. The van der Waals surface area contributed by atoms with Gasteiger partial charge in [-0.25, -0.2) is 0 Å². The van der Waals surface area contributed by atoms with Gasteiger partial charge in [-0.2, -0.15) is 13.2 Å². The summed E-state index contributed by atoms with van der Waals surface area (Å²) < 4.78 is 40.4. The third kappa shape index (κ3) is 6.15. The summed E-state index contributed by atoms with van der Waals surface area (Å²) in [5.41, 5.74) is -0.997. The van der Waals surface area contributed by atoms with Crippen molar-refractivity contribution in [3.63, 3.8) is 0 Å². The molecule has 1 heterocycles. The first-order valence-corrected chi connectivity index (χ1v) is 11.5. The number of anilines is 2. The number of nitrogens with one attached hydrogen (secondary N) is 2. The highest BCUT2D eigenvalue weighted by molar-refractivity contribution is 7.99. The molecular formula is C24H17F3N6O4S. The van der Waals surface area contributed by atoms with E-state index in [1.54, 1.807) is 11.6 Å². The monoisotopic (exact) mass is 542 g/mol. The summed E-state index contributed by atoms with van der Waals surface area (Å²) in [4.78, 5) is 36.7. The van der Waals surface area contributed by atoms with Crippen molar-refractivity contribution in [2.75, 3.05) is 10.6 Å². The maximum absolute atomic E-state index is 12.9. The van der Waals surface area contributed by atoms with Gasteiger partial charge in [-0.3, -0.25) is 19.7 Å². The minimum absolute atomic E-state index is 0.00200. The molecule has 0 saturated carbocycles. The van der Waals surface area contributed by atoms with Crippen LogP contribution >= 0.6 is 11.8 Å². The highest BCUT2D eigenvalue weighted by Gasteiger charge is 2.30. The van der Waals surface area contributed by atoms with Gasteiger partial charge >= 0.3 is 6.18 Å².